The number of hydrogen-bond acceptors (Lipinski definition) is 7. The summed E-state index contributed by atoms with van der Waals surface area (Å²) in [5.41, 5.74) is 7.85. The summed E-state index contributed by atoms with van der Waals surface area (Å²) < 4.78 is 12.1. The van der Waals surface area contributed by atoms with Crippen LogP contribution in [-0.2, 0) is 9.47 Å². The van der Waals surface area contributed by atoms with E-state index >= 15 is 0 Å². The Morgan fingerprint density at radius 2 is 2.07 bits per heavy atom. The lowest BCUT2D eigenvalue weighted by Gasteiger charge is -2.22. The van der Waals surface area contributed by atoms with Gasteiger partial charge in [0.05, 0.1) is 24.3 Å². The highest BCUT2D eigenvalue weighted by Crippen LogP contribution is 2.31. The van der Waals surface area contributed by atoms with E-state index < -0.39 is 41.6 Å². The Hall–Kier alpha value is -3.40. The first-order valence-electron chi connectivity index (χ1n) is 8.81. The van der Waals surface area contributed by atoms with E-state index in [4.69, 9.17) is 15.0 Å². The van der Waals surface area contributed by atoms with Crippen molar-refractivity contribution in [3.8, 4) is 0 Å². The fourth-order valence-electron chi connectivity index (χ4n) is 3.20. The van der Waals surface area contributed by atoms with Crippen molar-refractivity contribution in [2.45, 2.75) is 31.3 Å². The summed E-state index contributed by atoms with van der Waals surface area (Å²) in [5.74, 6) is -0.592. The largest absolute Gasteiger partial charge is 0.459 e. The fourth-order valence-corrected chi connectivity index (χ4v) is 3.20. The number of nitrogens with one attached hydrogen (secondary N) is 1. The predicted molar refractivity (Wildman–Crippen MR) is 101 cm³/mol. The number of carbonyl (C=O) groups is 1. The minimum atomic E-state index is -1.23. The van der Waals surface area contributed by atoms with Crippen LogP contribution in [0.15, 0.2) is 51.2 Å². The SMILES string of the molecule is Cc1cn([C@@H]2[C@@H](O)[C@H](CN=[N+]=[N-])O[C@H]2COC(=O)c2ccccc2)c(=O)[nH]c1=O. The molecule has 2 heterocycles. The first-order valence-corrected chi connectivity index (χ1v) is 8.81. The lowest BCUT2D eigenvalue weighted by Crippen LogP contribution is -2.41. The maximum atomic E-state index is 12.3. The van der Waals surface area contributed by atoms with E-state index in [1.165, 1.54) is 13.1 Å². The average Bonchev–Trinajstić information content (AvgIpc) is 3.03. The standard InChI is InChI=1S/C18H19N5O6/c1-10-8-23(18(27)21-16(10)25)14-13(29-12(15(14)24)7-20-22-19)9-28-17(26)11-5-3-2-4-6-11/h2-6,8,12-15,24H,7,9H2,1H3,(H,21,25,27)/t12-,13-,14-,15-/m0/s1. The Morgan fingerprint density at radius 3 is 2.76 bits per heavy atom. The van der Waals surface area contributed by atoms with Gasteiger partial charge in [-0.15, -0.1) is 0 Å². The highest BCUT2D eigenvalue weighted by molar-refractivity contribution is 5.89. The lowest BCUT2D eigenvalue weighted by atomic mass is 10.0. The number of carbonyl (C=O) groups excluding carboxylic acids is 1. The quantitative estimate of drug-likeness (QED) is 0.313. The summed E-state index contributed by atoms with van der Waals surface area (Å²) in [5, 5.41) is 14.1. The first-order chi connectivity index (χ1) is 13.9. The number of ether oxygens (including phenoxy) is 2. The third-order valence-corrected chi connectivity index (χ3v) is 4.64. The molecule has 0 bridgehead atoms. The third kappa shape index (κ3) is 4.37. The molecule has 2 N–H and O–H groups in total. The number of aliphatic hydroxyl groups is 1. The zero-order valence-corrected chi connectivity index (χ0v) is 15.5. The molecule has 1 aromatic carbocycles. The van der Waals surface area contributed by atoms with Crippen LogP contribution in [0.5, 0.6) is 0 Å². The fraction of sp³-hybridized carbons (Fsp3) is 0.389. The normalized spacial score (nSPS) is 23.4. The van der Waals surface area contributed by atoms with Gasteiger partial charge < -0.3 is 14.6 Å². The molecule has 3 rings (SSSR count). The van der Waals surface area contributed by atoms with Crippen LogP contribution in [0, 0.1) is 6.92 Å². The molecule has 11 heteroatoms. The predicted octanol–water partition coefficient (Wildman–Crippen LogP) is 0.682. The van der Waals surface area contributed by atoms with Crippen molar-refractivity contribution in [3.05, 3.63) is 78.9 Å². The number of aliphatic hydroxyl groups excluding tert-OH is 1. The average molecular weight is 401 g/mol. The van der Waals surface area contributed by atoms with Crippen molar-refractivity contribution in [1.82, 2.24) is 9.55 Å². The summed E-state index contributed by atoms with van der Waals surface area (Å²) in [4.78, 5) is 41.0. The van der Waals surface area contributed by atoms with E-state index in [9.17, 15) is 19.5 Å². The number of benzene rings is 1. The van der Waals surface area contributed by atoms with Gasteiger partial charge in [0.25, 0.3) is 5.56 Å². The van der Waals surface area contributed by atoms with Crippen LogP contribution in [0.4, 0.5) is 0 Å². The number of esters is 1. The van der Waals surface area contributed by atoms with Gasteiger partial charge in [-0.2, -0.15) is 0 Å². The van der Waals surface area contributed by atoms with Gasteiger partial charge in [0.15, 0.2) is 0 Å². The molecule has 0 amide bonds. The molecular weight excluding hydrogens is 382 g/mol. The highest BCUT2D eigenvalue weighted by Gasteiger charge is 2.45. The molecule has 0 unspecified atom stereocenters. The molecule has 0 saturated carbocycles. The van der Waals surface area contributed by atoms with Crippen molar-refractivity contribution in [1.29, 1.82) is 0 Å². The van der Waals surface area contributed by atoms with Crippen LogP contribution in [0.1, 0.15) is 22.0 Å². The maximum absolute atomic E-state index is 12.3. The zero-order chi connectivity index (χ0) is 21.0. The summed E-state index contributed by atoms with van der Waals surface area (Å²) in [6, 6.07) is 7.35. The summed E-state index contributed by atoms with van der Waals surface area (Å²) in [6.07, 6.45) is -1.74. The minimum absolute atomic E-state index is 0.172. The molecule has 152 valence electrons. The van der Waals surface area contributed by atoms with Gasteiger partial charge in [-0.05, 0) is 24.6 Å². The van der Waals surface area contributed by atoms with Gasteiger partial charge in [0.1, 0.15) is 18.8 Å². The number of aryl methyl sites for hydroxylation is 1. The van der Waals surface area contributed by atoms with Crippen molar-refractivity contribution < 1.29 is 19.4 Å². The van der Waals surface area contributed by atoms with E-state index in [-0.39, 0.29) is 18.7 Å². The Kier molecular flexibility index (Phi) is 6.13. The van der Waals surface area contributed by atoms with E-state index in [2.05, 4.69) is 15.0 Å². The van der Waals surface area contributed by atoms with Gasteiger partial charge in [0, 0.05) is 16.7 Å². The second kappa shape index (κ2) is 8.74. The number of rotatable bonds is 6. The van der Waals surface area contributed by atoms with Gasteiger partial charge in [0.2, 0.25) is 0 Å². The molecule has 1 aromatic heterocycles. The number of nitrogens with zero attached hydrogens (tertiary/aromatic N) is 4. The zero-order valence-electron chi connectivity index (χ0n) is 15.5. The number of aromatic amines is 1. The monoisotopic (exact) mass is 401 g/mol. The molecule has 1 saturated heterocycles. The van der Waals surface area contributed by atoms with Gasteiger partial charge in [-0.3, -0.25) is 14.3 Å². The highest BCUT2D eigenvalue weighted by atomic mass is 16.6. The minimum Gasteiger partial charge on any atom is -0.459 e. The Morgan fingerprint density at radius 1 is 1.34 bits per heavy atom. The molecule has 11 nitrogen and oxygen atoms in total. The smallest absolute Gasteiger partial charge is 0.338 e. The second-order valence-electron chi connectivity index (χ2n) is 6.55. The van der Waals surface area contributed by atoms with Crippen LogP contribution in [0.3, 0.4) is 0 Å². The summed E-state index contributed by atoms with van der Waals surface area (Å²) in [6.45, 7) is 1.08. The summed E-state index contributed by atoms with van der Waals surface area (Å²) in [7, 11) is 0. The molecule has 1 aliphatic heterocycles. The van der Waals surface area contributed by atoms with Crippen molar-refractivity contribution in [2.75, 3.05) is 13.2 Å². The molecule has 0 radical (unpaired) electrons. The first kappa shape index (κ1) is 20.3. The van der Waals surface area contributed by atoms with E-state index in [0.29, 0.717) is 5.56 Å². The number of aromatic nitrogens is 2. The third-order valence-electron chi connectivity index (χ3n) is 4.64. The topological polar surface area (TPSA) is 159 Å². The van der Waals surface area contributed by atoms with Crippen LogP contribution < -0.4 is 11.2 Å². The Labute approximate surface area is 164 Å². The van der Waals surface area contributed by atoms with Crippen LogP contribution in [0.25, 0.3) is 10.4 Å². The van der Waals surface area contributed by atoms with Crippen molar-refractivity contribution >= 4 is 5.97 Å². The molecule has 0 spiro atoms. The molecule has 0 aliphatic carbocycles. The van der Waals surface area contributed by atoms with Gasteiger partial charge in [-0.1, -0.05) is 23.3 Å². The maximum Gasteiger partial charge on any atom is 0.338 e. The van der Waals surface area contributed by atoms with E-state index in [0.717, 1.165) is 4.57 Å². The molecule has 1 aliphatic rings. The lowest BCUT2D eigenvalue weighted by molar-refractivity contribution is -0.0191. The number of hydrogen-bond donors (Lipinski definition) is 2. The Balaban J connectivity index is 1.87. The van der Waals surface area contributed by atoms with Crippen LogP contribution in [0.2, 0.25) is 0 Å². The Bertz CT molecular complexity index is 1040. The van der Waals surface area contributed by atoms with Crippen molar-refractivity contribution in [3.63, 3.8) is 0 Å². The van der Waals surface area contributed by atoms with E-state index in [1.54, 1.807) is 30.3 Å². The molecule has 1 fully saturated rings. The number of H-pyrrole nitrogens is 1. The van der Waals surface area contributed by atoms with Gasteiger partial charge >= 0.3 is 11.7 Å². The van der Waals surface area contributed by atoms with Crippen molar-refractivity contribution in [2.24, 2.45) is 5.11 Å². The second-order valence-corrected chi connectivity index (χ2v) is 6.55. The molecule has 29 heavy (non-hydrogen) atoms. The van der Waals surface area contributed by atoms with Crippen LogP contribution in [-0.4, -0.2) is 52.1 Å². The van der Waals surface area contributed by atoms with E-state index in [1.807, 2.05) is 0 Å². The molecule has 4 atom stereocenters. The molecule has 2 aromatic rings. The molecular formula is C18H19N5O6. The van der Waals surface area contributed by atoms with Gasteiger partial charge in [-0.25, -0.2) is 9.59 Å². The van der Waals surface area contributed by atoms with Crippen LogP contribution >= 0.6 is 0 Å². The summed E-state index contributed by atoms with van der Waals surface area (Å²) >= 11 is 0. The number of azide groups is 1.